The van der Waals surface area contributed by atoms with Crippen LogP contribution in [0.2, 0.25) is 0 Å². The molecule has 2 fully saturated rings. The van der Waals surface area contributed by atoms with E-state index < -0.39 is 0 Å². The fourth-order valence-electron chi connectivity index (χ4n) is 2.21. The molecule has 2 rings (SSSR count). The van der Waals surface area contributed by atoms with Crippen LogP contribution in [0.1, 0.15) is 38.5 Å². The fourth-order valence-corrected chi connectivity index (χ4v) is 2.93. The van der Waals surface area contributed by atoms with Gasteiger partial charge in [-0.3, -0.25) is 0 Å². The third-order valence-corrected chi connectivity index (χ3v) is 3.67. The second-order valence-electron chi connectivity index (χ2n) is 3.90. The lowest BCUT2D eigenvalue weighted by Crippen LogP contribution is -2.45. The second kappa shape index (κ2) is 3.50. The van der Waals surface area contributed by atoms with Crippen LogP contribution in [0.3, 0.4) is 0 Å². The Kier molecular flexibility index (Phi) is 2.51. The first-order chi connectivity index (χ1) is 6.23. The highest BCUT2D eigenvalue weighted by Gasteiger charge is 2.40. The summed E-state index contributed by atoms with van der Waals surface area (Å²) < 4.78 is 0. The summed E-state index contributed by atoms with van der Waals surface area (Å²) in [5.41, 5.74) is 0.0168. The van der Waals surface area contributed by atoms with Crippen LogP contribution < -0.4 is 10.6 Å². The van der Waals surface area contributed by atoms with Crippen LogP contribution in [0.5, 0.6) is 0 Å². The van der Waals surface area contributed by atoms with Gasteiger partial charge in [-0.1, -0.05) is 37.9 Å². The molecule has 0 unspecified atom stereocenters. The van der Waals surface area contributed by atoms with Gasteiger partial charge in [0, 0.05) is 0 Å². The van der Waals surface area contributed by atoms with E-state index in [1.807, 2.05) is 0 Å². The lowest BCUT2D eigenvalue weighted by atomic mass is 9.91. The van der Waals surface area contributed by atoms with Crippen LogP contribution >= 0.6 is 24.4 Å². The van der Waals surface area contributed by atoms with Crippen molar-refractivity contribution in [1.82, 2.24) is 10.6 Å². The molecule has 0 aromatic heterocycles. The summed E-state index contributed by atoms with van der Waals surface area (Å²) in [6.07, 6.45) is 7.46. The van der Waals surface area contributed by atoms with Gasteiger partial charge in [0.25, 0.3) is 0 Å². The third kappa shape index (κ3) is 1.70. The first-order valence-corrected chi connectivity index (χ1v) is 5.68. The summed E-state index contributed by atoms with van der Waals surface area (Å²) in [6.45, 7) is 0. The maximum atomic E-state index is 5.33. The number of hydrogen-bond donors (Lipinski definition) is 2. The van der Waals surface area contributed by atoms with Gasteiger partial charge in [0.1, 0.15) is 4.99 Å². The molecule has 0 aromatic rings. The van der Waals surface area contributed by atoms with Crippen LogP contribution in [-0.2, 0) is 0 Å². The van der Waals surface area contributed by atoms with E-state index in [2.05, 4.69) is 10.6 Å². The van der Waals surface area contributed by atoms with Crippen molar-refractivity contribution in [1.29, 1.82) is 0 Å². The molecule has 72 valence electrons. The van der Waals surface area contributed by atoms with Gasteiger partial charge < -0.3 is 10.6 Å². The molecule has 2 aliphatic rings. The maximum Gasteiger partial charge on any atom is 0.172 e. The van der Waals surface area contributed by atoms with E-state index in [4.69, 9.17) is 24.4 Å². The van der Waals surface area contributed by atoms with Gasteiger partial charge in [0.15, 0.2) is 5.11 Å². The number of nitrogens with one attached hydrogen (secondary N) is 2. The van der Waals surface area contributed by atoms with Crippen molar-refractivity contribution in [2.75, 3.05) is 0 Å². The van der Waals surface area contributed by atoms with Crippen LogP contribution in [0.25, 0.3) is 0 Å². The van der Waals surface area contributed by atoms with E-state index in [1.165, 1.54) is 25.7 Å². The van der Waals surface area contributed by atoms with E-state index in [1.54, 1.807) is 0 Å². The normalized spacial score (nSPS) is 26.8. The van der Waals surface area contributed by atoms with E-state index in [0.29, 0.717) is 5.11 Å². The second-order valence-corrected chi connectivity index (χ2v) is 4.72. The minimum absolute atomic E-state index is 0.0168. The fraction of sp³-hybridized carbons (Fsp3) is 0.778. The Labute approximate surface area is 89.5 Å². The average Bonchev–Trinajstić information content (AvgIpc) is 2.29. The van der Waals surface area contributed by atoms with Crippen LogP contribution in [0.15, 0.2) is 0 Å². The van der Waals surface area contributed by atoms with Crippen molar-refractivity contribution in [3.63, 3.8) is 0 Å². The molecule has 0 radical (unpaired) electrons. The summed E-state index contributed by atoms with van der Waals surface area (Å²) in [5, 5.41) is 7.11. The average molecular weight is 214 g/mol. The highest BCUT2D eigenvalue weighted by molar-refractivity contribution is 7.82. The number of rotatable bonds is 0. The highest BCUT2D eigenvalue weighted by Crippen LogP contribution is 2.30. The largest absolute Gasteiger partial charge is 0.351 e. The minimum atomic E-state index is 0.0168. The predicted octanol–water partition coefficient (Wildman–Crippen LogP) is 1.88. The lowest BCUT2D eigenvalue weighted by Gasteiger charge is -2.26. The van der Waals surface area contributed by atoms with Crippen molar-refractivity contribution >= 4 is 34.5 Å². The monoisotopic (exact) mass is 214 g/mol. The summed E-state index contributed by atoms with van der Waals surface area (Å²) >= 11 is 10.4. The lowest BCUT2D eigenvalue weighted by molar-refractivity contribution is 0.462. The zero-order valence-electron chi connectivity index (χ0n) is 7.56. The molecular formula is C9H14N2S2. The molecule has 0 amide bonds. The first kappa shape index (κ1) is 9.34. The van der Waals surface area contributed by atoms with E-state index in [-0.39, 0.29) is 5.54 Å². The number of hydrogen-bond acceptors (Lipinski definition) is 2. The summed E-state index contributed by atoms with van der Waals surface area (Å²) in [6, 6.07) is 0. The maximum absolute atomic E-state index is 5.33. The zero-order chi connectivity index (χ0) is 9.31. The van der Waals surface area contributed by atoms with Crippen molar-refractivity contribution in [3.8, 4) is 0 Å². The Morgan fingerprint density at radius 2 is 1.62 bits per heavy atom. The molecule has 1 spiro atoms. The molecule has 1 saturated heterocycles. The van der Waals surface area contributed by atoms with Crippen molar-refractivity contribution in [3.05, 3.63) is 0 Å². The van der Waals surface area contributed by atoms with Crippen LogP contribution in [0, 0.1) is 0 Å². The Morgan fingerprint density at radius 1 is 1.00 bits per heavy atom. The number of thiocarbonyl (C=S) groups is 2. The molecule has 1 saturated carbocycles. The Balaban J connectivity index is 2.17. The zero-order valence-corrected chi connectivity index (χ0v) is 9.19. The van der Waals surface area contributed by atoms with Gasteiger partial charge in [-0.05, 0) is 25.1 Å². The minimum Gasteiger partial charge on any atom is -0.351 e. The molecule has 0 aromatic carbocycles. The van der Waals surface area contributed by atoms with Gasteiger partial charge in [-0.25, -0.2) is 0 Å². The highest BCUT2D eigenvalue weighted by atomic mass is 32.1. The predicted molar refractivity (Wildman–Crippen MR) is 61.9 cm³/mol. The quantitative estimate of drug-likeness (QED) is 0.601. The molecule has 4 heteroatoms. The SMILES string of the molecule is S=C1NC(=S)C2(CCCCCC2)N1. The van der Waals surface area contributed by atoms with Gasteiger partial charge in [0.05, 0.1) is 5.54 Å². The standard InChI is InChI=1S/C9H14N2S2/c12-7-9(11-8(13)10-7)5-3-1-2-4-6-9/h1-6H2,(H2,10,11,12,13). The summed E-state index contributed by atoms with van der Waals surface area (Å²) in [4.78, 5) is 0.916. The molecule has 1 heterocycles. The Bertz CT molecular complexity index is 242. The van der Waals surface area contributed by atoms with Crippen LogP contribution in [-0.4, -0.2) is 15.6 Å². The molecule has 1 aliphatic carbocycles. The Morgan fingerprint density at radius 3 is 2.08 bits per heavy atom. The van der Waals surface area contributed by atoms with Crippen molar-refractivity contribution in [2.24, 2.45) is 0 Å². The van der Waals surface area contributed by atoms with Crippen LogP contribution in [0.4, 0.5) is 0 Å². The molecule has 13 heavy (non-hydrogen) atoms. The molecule has 1 aliphatic heterocycles. The van der Waals surface area contributed by atoms with E-state index in [9.17, 15) is 0 Å². The molecule has 2 nitrogen and oxygen atoms in total. The smallest absolute Gasteiger partial charge is 0.172 e. The summed E-state index contributed by atoms with van der Waals surface area (Å²) in [7, 11) is 0. The molecular weight excluding hydrogens is 200 g/mol. The molecule has 0 atom stereocenters. The van der Waals surface area contributed by atoms with Crippen molar-refractivity contribution < 1.29 is 0 Å². The topological polar surface area (TPSA) is 24.1 Å². The van der Waals surface area contributed by atoms with Gasteiger partial charge >= 0.3 is 0 Å². The van der Waals surface area contributed by atoms with Gasteiger partial charge in [-0.2, -0.15) is 0 Å². The van der Waals surface area contributed by atoms with E-state index in [0.717, 1.165) is 17.8 Å². The third-order valence-electron chi connectivity index (χ3n) is 2.97. The molecule has 2 N–H and O–H groups in total. The first-order valence-electron chi connectivity index (χ1n) is 4.87. The summed E-state index contributed by atoms with van der Waals surface area (Å²) in [5.74, 6) is 0. The molecule has 0 bridgehead atoms. The van der Waals surface area contributed by atoms with Crippen molar-refractivity contribution in [2.45, 2.75) is 44.1 Å². The van der Waals surface area contributed by atoms with Gasteiger partial charge in [0.2, 0.25) is 0 Å². The van der Waals surface area contributed by atoms with Gasteiger partial charge in [-0.15, -0.1) is 0 Å². The Hall–Kier alpha value is -0.220. The van der Waals surface area contributed by atoms with E-state index >= 15 is 0 Å².